The third-order valence-electron chi connectivity index (χ3n) is 4.32. The van der Waals surface area contributed by atoms with Gasteiger partial charge in [-0.25, -0.2) is 0 Å². The molecule has 154 valence electrons. The number of nitrogens with one attached hydrogen (secondary N) is 1. The van der Waals surface area contributed by atoms with E-state index in [1.54, 1.807) is 0 Å². The minimum absolute atomic E-state index is 0.0270. The van der Waals surface area contributed by atoms with Crippen molar-refractivity contribution in [2.24, 2.45) is 5.92 Å². The van der Waals surface area contributed by atoms with Crippen LogP contribution in [0.1, 0.15) is 32.8 Å². The first kappa shape index (κ1) is 22.0. The van der Waals surface area contributed by atoms with E-state index in [0.717, 1.165) is 6.07 Å². The third kappa shape index (κ3) is 5.15. The lowest BCUT2D eigenvalue weighted by molar-refractivity contribution is -0.157. The van der Waals surface area contributed by atoms with Crippen LogP contribution in [0.2, 0.25) is 5.02 Å². The summed E-state index contributed by atoms with van der Waals surface area (Å²) in [5.74, 6) is -2.58. The SMILES string of the molecule is CC(OC(=O)C1CC(=O)N(C(C)C)C1)C(=O)Nc1ccc(Cl)cc1C(F)(F)F. The lowest BCUT2D eigenvalue weighted by Gasteiger charge is -2.21. The third-order valence-corrected chi connectivity index (χ3v) is 4.56. The lowest BCUT2D eigenvalue weighted by atomic mass is 10.1. The van der Waals surface area contributed by atoms with Crippen molar-refractivity contribution < 1.29 is 32.3 Å². The number of ether oxygens (including phenoxy) is 1. The summed E-state index contributed by atoms with van der Waals surface area (Å²) in [6.45, 7) is 5.05. The molecule has 1 aromatic carbocycles. The molecule has 1 aliphatic heterocycles. The average Bonchev–Trinajstić information content (AvgIpc) is 2.97. The number of amides is 2. The normalized spacial score (nSPS) is 18.4. The maximum atomic E-state index is 13.1. The van der Waals surface area contributed by atoms with Crippen LogP contribution in [-0.4, -0.2) is 41.4 Å². The Kier molecular flexibility index (Phi) is 6.59. The molecule has 6 nitrogen and oxygen atoms in total. The van der Waals surface area contributed by atoms with Crippen LogP contribution in [0.15, 0.2) is 18.2 Å². The molecule has 1 heterocycles. The highest BCUT2D eigenvalue weighted by atomic mass is 35.5. The Balaban J connectivity index is 2.03. The van der Waals surface area contributed by atoms with Gasteiger partial charge in [-0.2, -0.15) is 13.2 Å². The van der Waals surface area contributed by atoms with Crippen molar-refractivity contribution in [2.75, 3.05) is 11.9 Å². The molecule has 2 rings (SSSR count). The molecule has 1 aliphatic rings. The molecule has 0 aromatic heterocycles. The quantitative estimate of drug-likeness (QED) is 0.740. The van der Waals surface area contributed by atoms with Gasteiger partial charge in [-0.05, 0) is 39.0 Å². The van der Waals surface area contributed by atoms with Gasteiger partial charge in [-0.1, -0.05) is 11.6 Å². The van der Waals surface area contributed by atoms with Crippen molar-refractivity contribution in [3.05, 3.63) is 28.8 Å². The van der Waals surface area contributed by atoms with Crippen molar-refractivity contribution in [1.29, 1.82) is 0 Å². The minimum Gasteiger partial charge on any atom is -0.452 e. The van der Waals surface area contributed by atoms with Crippen LogP contribution in [0.3, 0.4) is 0 Å². The second kappa shape index (κ2) is 8.38. The molecule has 0 spiro atoms. The maximum absolute atomic E-state index is 13.1. The first-order valence-corrected chi connectivity index (χ1v) is 8.95. The van der Waals surface area contributed by atoms with Crippen molar-refractivity contribution in [2.45, 2.75) is 45.5 Å². The van der Waals surface area contributed by atoms with Gasteiger partial charge in [0.15, 0.2) is 6.10 Å². The fourth-order valence-electron chi connectivity index (χ4n) is 2.81. The van der Waals surface area contributed by atoms with Crippen LogP contribution < -0.4 is 5.32 Å². The smallest absolute Gasteiger partial charge is 0.418 e. The summed E-state index contributed by atoms with van der Waals surface area (Å²) >= 11 is 5.60. The predicted molar refractivity (Wildman–Crippen MR) is 95.6 cm³/mol. The highest BCUT2D eigenvalue weighted by molar-refractivity contribution is 6.30. The van der Waals surface area contributed by atoms with Crippen LogP contribution in [0.25, 0.3) is 0 Å². The van der Waals surface area contributed by atoms with Gasteiger partial charge in [-0.3, -0.25) is 14.4 Å². The second-order valence-corrected chi connectivity index (χ2v) is 7.23. The van der Waals surface area contributed by atoms with E-state index in [1.807, 2.05) is 13.8 Å². The van der Waals surface area contributed by atoms with Crippen LogP contribution in [0, 0.1) is 5.92 Å². The van der Waals surface area contributed by atoms with E-state index in [-0.39, 0.29) is 29.9 Å². The Morgan fingerprint density at radius 3 is 2.46 bits per heavy atom. The molecule has 2 atom stereocenters. The number of hydrogen-bond acceptors (Lipinski definition) is 4. The average molecular weight is 421 g/mol. The highest BCUT2D eigenvalue weighted by Crippen LogP contribution is 2.36. The van der Waals surface area contributed by atoms with Gasteiger partial charge >= 0.3 is 12.1 Å². The Labute approximate surface area is 165 Å². The van der Waals surface area contributed by atoms with Crippen molar-refractivity contribution in [1.82, 2.24) is 4.90 Å². The van der Waals surface area contributed by atoms with E-state index in [4.69, 9.17) is 16.3 Å². The number of hydrogen-bond donors (Lipinski definition) is 1. The number of carbonyl (C=O) groups excluding carboxylic acids is 3. The summed E-state index contributed by atoms with van der Waals surface area (Å²) < 4.78 is 44.4. The molecule has 0 bridgehead atoms. The number of benzene rings is 1. The second-order valence-electron chi connectivity index (χ2n) is 6.80. The van der Waals surface area contributed by atoms with Gasteiger partial charge in [0, 0.05) is 24.0 Å². The Hall–Kier alpha value is -2.29. The molecule has 1 saturated heterocycles. The highest BCUT2D eigenvalue weighted by Gasteiger charge is 2.38. The number of halogens is 4. The van der Waals surface area contributed by atoms with Gasteiger partial charge in [0.2, 0.25) is 5.91 Å². The summed E-state index contributed by atoms with van der Waals surface area (Å²) in [5.41, 5.74) is -1.60. The summed E-state index contributed by atoms with van der Waals surface area (Å²) in [5, 5.41) is 1.97. The zero-order chi connectivity index (χ0) is 21.2. The molecule has 0 saturated carbocycles. The molecule has 1 aromatic rings. The van der Waals surface area contributed by atoms with E-state index in [9.17, 15) is 27.6 Å². The molecule has 10 heteroatoms. The number of nitrogens with zero attached hydrogens (tertiary/aromatic N) is 1. The van der Waals surface area contributed by atoms with Crippen LogP contribution in [0.4, 0.5) is 18.9 Å². The van der Waals surface area contributed by atoms with Crippen molar-refractivity contribution in [3.63, 3.8) is 0 Å². The summed E-state index contributed by atoms with van der Waals surface area (Å²) in [4.78, 5) is 37.8. The number of carbonyl (C=O) groups is 3. The molecule has 1 N–H and O–H groups in total. The number of esters is 1. The number of likely N-dealkylation sites (tertiary alicyclic amines) is 1. The molecular formula is C18H20ClF3N2O4. The first-order chi connectivity index (χ1) is 12.9. The largest absolute Gasteiger partial charge is 0.452 e. The zero-order valence-electron chi connectivity index (χ0n) is 15.5. The molecule has 0 radical (unpaired) electrons. The van der Waals surface area contributed by atoms with Crippen LogP contribution in [-0.2, 0) is 25.3 Å². The van der Waals surface area contributed by atoms with E-state index in [2.05, 4.69) is 5.32 Å². The summed E-state index contributed by atoms with van der Waals surface area (Å²) in [7, 11) is 0. The van der Waals surface area contributed by atoms with E-state index in [1.165, 1.54) is 17.9 Å². The summed E-state index contributed by atoms with van der Waals surface area (Å²) in [6.07, 6.45) is -6.09. The molecule has 2 unspecified atom stereocenters. The molecule has 0 aliphatic carbocycles. The Morgan fingerprint density at radius 1 is 1.29 bits per heavy atom. The minimum atomic E-state index is -4.72. The number of rotatable bonds is 5. The number of anilines is 1. The fourth-order valence-corrected chi connectivity index (χ4v) is 2.98. The van der Waals surface area contributed by atoms with Gasteiger partial charge in [0.25, 0.3) is 5.91 Å². The topological polar surface area (TPSA) is 75.7 Å². The van der Waals surface area contributed by atoms with Gasteiger partial charge < -0.3 is 15.0 Å². The fraction of sp³-hybridized carbons (Fsp3) is 0.500. The van der Waals surface area contributed by atoms with Crippen LogP contribution >= 0.6 is 11.6 Å². The summed E-state index contributed by atoms with van der Waals surface area (Å²) in [6, 6.07) is 2.84. The van der Waals surface area contributed by atoms with E-state index < -0.39 is 41.3 Å². The molecule has 1 fully saturated rings. The zero-order valence-corrected chi connectivity index (χ0v) is 16.2. The Morgan fingerprint density at radius 2 is 1.93 bits per heavy atom. The predicted octanol–water partition coefficient (Wildman–Crippen LogP) is 3.49. The van der Waals surface area contributed by atoms with E-state index in [0.29, 0.717) is 6.07 Å². The Bertz CT molecular complexity index is 783. The standard InChI is InChI=1S/C18H20ClF3N2O4/c1-9(2)24-8-11(6-15(24)25)17(27)28-10(3)16(26)23-14-5-4-12(19)7-13(14)18(20,21)22/h4-5,7,9-11H,6,8H2,1-3H3,(H,23,26). The van der Waals surface area contributed by atoms with Gasteiger partial charge in [0.05, 0.1) is 17.2 Å². The molecule has 28 heavy (non-hydrogen) atoms. The van der Waals surface area contributed by atoms with Crippen LogP contribution in [0.5, 0.6) is 0 Å². The van der Waals surface area contributed by atoms with Crippen molar-refractivity contribution >= 4 is 35.1 Å². The van der Waals surface area contributed by atoms with Crippen molar-refractivity contribution in [3.8, 4) is 0 Å². The maximum Gasteiger partial charge on any atom is 0.418 e. The molecular weight excluding hydrogens is 401 g/mol. The van der Waals surface area contributed by atoms with E-state index >= 15 is 0 Å². The number of alkyl halides is 3. The first-order valence-electron chi connectivity index (χ1n) is 8.57. The lowest BCUT2D eigenvalue weighted by Crippen LogP contribution is -2.35. The molecule has 2 amide bonds. The monoisotopic (exact) mass is 420 g/mol. The van der Waals surface area contributed by atoms with Gasteiger partial charge in [0.1, 0.15) is 0 Å². The van der Waals surface area contributed by atoms with Gasteiger partial charge in [-0.15, -0.1) is 0 Å².